The van der Waals surface area contributed by atoms with Crippen molar-refractivity contribution in [3.63, 3.8) is 0 Å². The molecule has 2 aromatic carbocycles. The Balaban J connectivity index is 1.95. The summed E-state index contributed by atoms with van der Waals surface area (Å²) in [6, 6.07) is 12.9. The van der Waals surface area contributed by atoms with Crippen LogP contribution >= 0.6 is 0 Å². The van der Waals surface area contributed by atoms with Crippen LogP contribution in [-0.4, -0.2) is 26.2 Å². The average Bonchev–Trinajstić information content (AvgIpc) is 2.71. The highest BCUT2D eigenvalue weighted by Gasteiger charge is 2.09. The number of rotatable bonds is 11. The predicted octanol–water partition coefficient (Wildman–Crippen LogP) is 4.59. The number of ether oxygens (including phenoxy) is 3. The van der Waals surface area contributed by atoms with Gasteiger partial charge in [-0.1, -0.05) is 32.4 Å². The van der Waals surface area contributed by atoms with Crippen LogP contribution in [0.3, 0.4) is 0 Å². The number of hydrogen-bond acceptors (Lipinski definition) is 4. The fourth-order valence-electron chi connectivity index (χ4n) is 2.50. The first-order valence-corrected chi connectivity index (χ1v) is 9.48. The fraction of sp³-hybridized carbons (Fsp3) is 0.409. The number of benzene rings is 2. The molecule has 2 aromatic rings. The van der Waals surface area contributed by atoms with Gasteiger partial charge >= 0.3 is 0 Å². The first kappa shape index (κ1) is 20.6. The molecule has 0 saturated carbocycles. The van der Waals surface area contributed by atoms with Crippen LogP contribution in [0.5, 0.6) is 17.2 Å². The Morgan fingerprint density at radius 1 is 0.963 bits per heavy atom. The Morgan fingerprint density at radius 2 is 1.81 bits per heavy atom. The van der Waals surface area contributed by atoms with Crippen molar-refractivity contribution >= 4 is 5.91 Å². The third-order valence-corrected chi connectivity index (χ3v) is 4.01. The minimum absolute atomic E-state index is 0.138. The third kappa shape index (κ3) is 6.51. The second kappa shape index (κ2) is 11.1. The molecule has 5 nitrogen and oxygen atoms in total. The smallest absolute Gasteiger partial charge is 0.251 e. The molecule has 1 amide bonds. The Morgan fingerprint density at radius 3 is 2.56 bits per heavy atom. The molecule has 0 aliphatic rings. The maximum Gasteiger partial charge on any atom is 0.251 e. The van der Waals surface area contributed by atoms with Gasteiger partial charge in [-0.2, -0.15) is 0 Å². The van der Waals surface area contributed by atoms with Crippen LogP contribution in [0, 0.1) is 0 Å². The van der Waals surface area contributed by atoms with Crippen LogP contribution in [0.1, 0.15) is 49.0 Å². The van der Waals surface area contributed by atoms with E-state index in [4.69, 9.17) is 14.2 Å². The summed E-state index contributed by atoms with van der Waals surface area (Å²) in [4.78, 5) is 12.4. The molecule has 0 saturated heterocycles. The number of methoxy groups -OCH3 is 1. The fourth-order valence-corrected chi connectivity index (χ4v) is 2.50. The minimum atomic E-state index is -0.138. The van der Waals surface area contributed by atoms with Gasteiger partial charge < -0.3 is 19.5 Å². The van der Waals surface area contributed by atoms with E-state index in [1.54, 1.807) is 19.2 Å². The van der Waals surface area contributed by atoms with E-state index in [-0.39, 0.29) is 5.91 Å². The van der Waals surface area contributed by atoms with Crippen molar-refractivity contribution in [2.24, 2.45) is 0 Å². The maximum absolute atomic E-state index is 12.4. The van der Waals surface area contributed by atoms with Crippen LogP contribution in [0.2, 0.25) is 0 Å². The molecule has 0 unspecified atom stereocenters. The van der Waals surface area contributed by atoms with E-state index in [0.717, 1.165) is 30.6 Å². The lowest BCUT2D eigenvalue weighted by Crippen LogP contribution is -2.22. The van der Waals surface area contributed by atoms with Crippen molar-refractivity contribution in [1.29, 1.82) is 0 Å². The van der Waals surface area contributed by atoms with Crippen LogP contribution < -0.4 is 19.5 Å². The van der Waals surface area contributed by atoms with Crippen molar-refractivity contribution in [2.45, 2.75) is 39.7 Å². The summed E-state index contributed by atoms with van der Waals surface area (Å²) in [7, 11) is 1.61. The molecule has 0 aromatic heterocycles. The molecule has 1 N–H and O–H groups in total. The first-order chi connectivity index (χ1) is 13.2. The third-order valence-electron chi connectivity index (χ3n) is 4.01. The van der Waals surface area contributed by atoms with E-state index >= 15 is 0 Å². The highest BCUT2D eigenvalue weighted by molar-refractivity contribution is 5.94. The molecule has 0 fully saturated rings. The lowest BCUT2D eigenvalue weighted by molar-refractivity contribution is 0.0950. The molecule has 2 rings (SSSR count). The zero-order chi connectivity index (χ0) is 19.5. The van der Waals surface area contributed by atoms with Gasteiger partial charge in [-0.15, -0.1) is 0 Å². The Bertz CT molecular complexity index is 730. The van der Waals surface area contributed by atoms with Crippen molar-refractivity contribution in [1.82, 2.24) is 5.32 Å². The predicted molar refractivity (Wildman–Crippen MR) is 107 cm³/mol. The summed E-state index contributed by atoms with van der Waals surface area (Å²) in [6.45, 7) is 5.88. The highest BCUT2D eigenvalue weighted by atomic mass is 16.5. The highest BCUT2D eigenvalue weighted by Crippen LogP contribution is 2.28. The van der Waals surface area contributed by atoms with E-state index in [0.29, 0.717) is 36.8 Å². The monoisotopic (exact) mass is 371 g/mol. The molecular formula is C22H29NO4. The van der Waals surface area contributed by atoms with E-state index in [2.05, 4.69) is 19.2 Å². The van der Waals surface area contributed by atoms with Crippen molar-refractivity contribution < 1.29 is 19.0 Å². The molecule has 27 heavy (non-hydrogen) atoms. The number of carbonyl (C=O) groups excluding carboxylic acids is 1. The van der Waals surface area contributed by atoms with E-state index in [9.17, 15) is 4.79 Å². The summed E-state index contributed by atoms with van der Waals surface area (Å²) >= 11 is 0. The van der Waals surface area contributed by atoms with Crippen molar-refractivity contribution in [3.8, 4) is 17.2 Å². The van der Waals surface area contributed by atoms with Gasteiger partial charge in [0.1, 0.15) is 5.75 Å². The quantitative estimate of drug-likeness (QED) is 0.587. The number of nitrogens with one attached hydrogen (secondary N) is 1. The summed E-state index contributed by atoms with van der Waals surface area (Å²) < 4.78 is 16.7. The summed E-state index contributed by atoms with van der Waals surface area (Å²) in [6.07, 6.45) is 3.00. The summed E-state index contributed by atoms with van der Waals surface area (Å²) in [5, 5.41) is 2.93. The molecule has 5 heteroatoms. The zero-order valence-corrected chi connectivity index (χ0v) is 16.4. The maximum atomic E-state index is 12.4. The van der Waals surface area contributed by atoms with Crippen molar-refractivity contribution in [3.05, 3.63) is 53.6 Å². The number of amides is 1. The normalized spacial score (nSPS) is 10.3. The second-order valence-corrected chi connectivity index (χ2v) is 6.25. The summed E-state index contributed by atoms with van der Waals surface area (Å²) in [5.41, 5.74) is 1.53. The van der Waals surface area contributed by atoms with Gasteiger partial charge in [0, 0.05) is 12.1 Å². The molecule has 0 aliphatic carbocycles. The van der Waals surface area contributed by atoms with Crippen LogP contribution in [0.15, 0.2) is 42.5 Å². The lowest BCUT2D eigenvalue weighted by Gasteiger charge is -2.12. The SMILES string of the molecule is CCCCOc1cccc(C(=O)NCc2ccc(OCCC)c(OC)c2)c1. The van der Waals surface area contributed by atoms with Crippen LogP contribution in [0.4, 0.5) is 0 Å². The Kier molecular flexibility index (Phi) is 8.49. The molecule has 0 radical (unpaired) electrons. The Hall–Kier alpha value is -2.69. The molecule has 0 bridgehead atoms. The van der Waals surface area contributed by atoms with Gasteiger partial charge in [-0.05, 0) is 48.7 Å². The van der Waals surface area contributed by atoms with Crippen LogP contribution in [0.25, 0.3) is 0 Å². The molecule has 146 valence electrons. The summed E-state index contributed by atoms with van der Waals surface area (Å²) in [5.74, 6) is 1.96. The lowest BCUT2D eigenvalue weighted by atomic mass is 10.1. The number of unbranched alkanes of at least 4 members (excludes halogenated alkanes) is 1. The topological polar surface area (TPSA) is 56.8 Å². The molecule has 0 spiro atoms. The standard InChI is InChI=1S/C22H29NO4/c1-4-6-13-26-19-9-7-8-18(15-19)22(24)23-16-17-10-11-20(27-12-5-2)21(14-17)25-3/h7-11,14-15H,4-6,12-13,16H2,1-3H3,(H,23,24). The van der Waals surface area contributed by atoms with E-state index < -0.39 is 0 Å². The van der Waals surface area contributed by atoms with E-state index in [1.165, 1.54) is 0 Å². The second-order valence-electron chi connectivity index (χ2n) is 6.25. The van der Waals surface area contributed by atoms with E-state index in [1.807, 2.05) is 30.3 Å². The van der Waals surface area contributed by atoms with Gasteiger partial charge in [0.25, 0.3) is 5.91 Å². The van der Waals surface area contributed by atoms with Gasteiger partial charge in [-0.25, -0.2) is 0 Å². The van der Waals surface area contributed by atoms with Gasteiger partial charge in [0.15, 0.2) is 11.5 Å². The van der Waals surface area contributed by atoms with Crippen LogP contribution in [-0.2, 0) is 6.54 Å². The first-order valence-electron chi connectivity index (χ1n) is 9.48. The molecule has 0 atom stereocenters. The minimum Gasteiger partial charge on any atom is -0.494 e. The largest absolute Gasteiger partial charge is 0.494 e. The molecular weight excluding hydrogens is 342 g/mol. The molecule has 0 heterocycles. The average molecular weight is 371 g/mol. The molecule has 0 aliphatic heterocycles. The number of carbonyl (C=O) groups is 1. The van der Waals surface area contributed by atoms with Gasteiger partial charge in [0.2, 0.25) is 0 Å². The van der Waals surface area contributed by atoms with Gasteiger partial charge in [0.05, 0.1) is 20.3 Å². The zero-order valence-electron chi connectivity index (χ0n) is 16.4. The number of hydrogen-bond donors (Lipinski definition) is 1. The van der Waals surface area contributed by atoms with Crippen molar-refractivity contribution in [2.75, 3.05) is 20.3 Å². The Labute approximate surface area is 161 Å². The van der Waals surface area contributed by atoms with Gasteiger partial charge in [-0.3, -0.25) is 4.79 Å².